The van der Waals surface area contributed by atoms with Crippen LogP contribution in [-0.2, 0) is 9.59 Å². The molecule has 2 amide bonds. The fourth-order valence-electron chi connectivity index (χ4n) is 2.38. The van der Waals surface area contributed by atoms with E-state index in [0.29, 0.717) is 16.5 Å². The summed E-state index contributed by atoms with van der Waals surface area (Å²) >= 11 is 17.7. The maximum absolute atomic E-state index is 13.3. The van der Waals surface area contributed by atoms with Gasteiger partial charge in [-0.15, -0.1) is 0 Å². The molecule has 0 aromatic heterocycles. The second-order valence-electron chi connectivity index (χ2n) is 5.20. The summed E-state index contributed by atoms with van der Waals surface area (Å²) in [7, 11) is 1.44. The van der Waals surface area contributed by atoms with E-state index in [1.807, 2.05) is 0 Å². The fraction of sp³-hybridized carbons (Fsp3) is 0.0588. The van der Waals surface area contributed by atoms with Gasteiger partial charge in [-0.25, -0.2) is 9.29 Å². The normalized spacial score (nSPS) is 14.3. The second-order valence-corrected chi connectivity index (χ2v) is 6.42. The predicted molar refractivity (Wildman–Crippen MR) is 98.4 cm³/mol. The minimum absolute atomic E-state index is 0.0967. The van der Waals surface area contributed by atoms with Gasteiger partial charge < -0.3 is 10.1 Å². The lowest BCUT2D eigenvalue weighted by molar-refractivity contribution is -0.120. The summed E-state index contributed by atoms with van der Waals surface area (Å²) in [5.41, 5.74) is 0.297. The Kier molecular flexibility index (Phi) is 5.09. The number of amides is 2. The fourth-order valence-corrected chi connectivity index (χ4v) is 2.94. The van der Waals surface area contributed by atoms with Crippen molar-refractivity contribution in [3.63, 3.8) is 0 Å². The molecule has 1 heterocycles. The van der Waals surface area contributed by atoms with E-state index < -0.39 is 17.6 Å². The van der Waals surface area contributed by atoms with Crippen LogP contribution >= 0.6 is 34.8 Å². The van der Waals surface area contributed by atoms with Crippen LogP contribution < -0.4 is 15.0 Å². The van der Waals surface area contributed by atoms with Crippen LogP contribution in [0.2, 0.25) is 10.0 Å². The van der Waals surface area contributed by atoms with Gasteiger partial charge in [0.15, 0.2) is 0 Å². The van der Waals surface area contributed by atoms with Crippen molar-refractivity contribution in [2.45, 2.75) is 0 Å². The zero-order valence-electron chi connectivity index (χ0n) is 13.1. The SMILES string of the molecule is COc1ccc(Cl)cc1NC1=C(Cl)C(=O)N(c2ccc(F)c(Cl)c2)C1=O. The number of hydrogen-bond acceptors (Lipinski definition) is 4. The standard InChI is InChI=1S/C17H10Cl3FN2O3/c1-26-13-5-2-8(18)6-12(13)22-15-14(20)16(24)23(17(15)25)9-3-4-11(21)10(19)7-9/h2-7,22H,1H3. The van der Waals surface area contributed by atoms with E-state index in [9.17, 15) is 14.0 Å². The number of benzene rings is 2. The Bertz CT molecular complexity index is 962. The number of hydrogen-bond donors (Lipinski definition) is 1. The molecule has 134 valence electrons. The highest BCUT2D eigenvalue weighted by Gasteiger charge is 2.39. The first-order valence-corrected chi connectivity index (χ1v) is 8.31. The third-order valence-electron chi connectivity index (χ3n) is 3.61. The third-order valence-corrected chi connectivity index (χ3v) is 4.49. The van der Waals surface area contributed by atoms with Crippen LogP contribution in [0.25, 0.3) is 0 Å². The quantitative estimate of drug-likeness (QED) is 0.743. The van der Waals surface area contributed by atoms with E-state index in [0.717, 1.165) is 11.0 Å². The molecule has 0 fully saturated rings. The molecule has 0 saturated carbocycles. The lowest BCUT2D eigenvalue weighted by Gasteiger charge is -2.16. The van der Waals surface area contributed by atoms with E-state index in [-0.39, 0.29) is 21.4 Å². The smallest absolute Gasteiger partial charge is 0.283 e. The van der Waals surface area contributed by atoms with Crippen LogP contribution in [0.3, 0.4) is 0 Å². The number of ether oxygens (including phenoxy) is 1. The van der Waals surface area contributed by atoms with Crippen LogP contribution in [-0.4, -0.2) is 18.9 Å². The van der Waals surface area contributed by atoms with Crippen molar-refractivity contribution in [2.75, 3.05) is 17.3 Å². The summed E-state index contributed by atoms with van der Waals surface area (Å²) in [6, 6.07) is 8.20. The molecule has 9 heteroatoms. The number of carbonyl (C=O) groups excluding carboxylic acids is 2. The molecule has 26 heavy (non-hydrogen) atoms. The minimum atomic E-state index is -0.761. The molecule has 0 radical (unpaired) electrons. The van der Waals surface area contributed by atoms with E-state index in [1.165, 1.54) is 25.3 Å². The lowest BCUT2D eigenvalue weighted by Crippen LogP contribution is -2.32. The van der Waals surface area contributed by atoms with Gasteiger partial charge in [-0.2, -0.15) is 0 Å². The zero-order valence-corrected chi connectivity index (χ0v) is 15.4. The maximum atomic E-state index is 13.3. The Morgan fingerprint density at radius 1 is 1.04 bits per heavy atom. The van der Waals surface area contributed by atoms with Gasteiger partial charge in [0, 0.05) is 5.02 Å². The molecule has 0 bridgehead atoms. The first-order chi connectivity index (χ1) is 12.3. The summed E-state index contributed by atoms with van der Waals surface area (Å²) in [5.74, 6) is -1.75. The minimum Gasteiger partial charge on any atom is -0.495 e. The summed E-state index contributed by atoms with van der Waals surface area (Å²) < 4.78 is 18.5. The van der Waals surface area contributed by atoms with Gasteiger partial charge in [0.2, 0.25) is 0 Å². The molecule has 0 unspecified atom stereocenters. The number of imide groups is 1. The predicted octanol–water partition coefficient (Wildman–Crippen LogP) is 4.58. The largest absolute Gasteiger partial charge is 0.495 e. The molecule has 0 saturated heterocycles. The molecule has 3 rings (SSSR count). The molecule has 1 N–H and O–H groups in total. The van der Waals surface area contributed by atoms with E-state index in [2.05, 4.69) is 5.32 Å². The van der Waals surface area contributed by atoms with Crippen molar-refractivity contribution in [3.05, 3.63) is 63.0 Å². The highest BCUT2D eigenvalue weighted by Crippen LogP contribution is 2.35. The van der Waals surface area contributed by atoms with E-state index in [4.69, 9.17) is 39.5 Å². The van der Waals surface area contributed by atoms with Gasteiger partial charge in [0.1, 0.15) is 22.3 Å². The van der Waals surface area contributed by atoms with E-state index in [1.54, 1.807) is 12.1 Å². The number of rotatable bonds is 4. The van der Waals surface area contributed by atoms with Crippen LogP contribution in [0.15, 0.2) is 47.1 Å². The third kappa shape index (κ3) is 3.23. The van der Waals surface area contributed by atoms with Gasteiger partial charge in [-0.1, -0.05) is 34.8 Å². The Labute approximate surface area is 162 Å². The number of nitrogens with one attached hydrogen (secondary N) is 1. The molecule has 0 spiro atoms. The molecule has 1 aliphatic rings. The highest BCUT2D eigenvalue weighted by atomic mass is 35.5. The number of nitrogens with zero attached hydrogens (tertiary/aromatic N) is 1. The van der Waals surface area contributed by atoms with Gasteiger partial charge in [0.25, 0.3) is 11.8 Å². The van der Waals surface area contributed by atoms with E-state index >= 15 is 0 Å². The molecular weight excluding hydrogens is 406 g/mol. The van der Waals surface area contributed by atoms with Gasteiger partial charge in [-0.05, 0) is 36.4 Å². The number of halogens is 4. The Morgan fingerprint density at radius 2 is 1.77 bits per heavy atom. The zero-order chi connectivity index (χ0) is 19.0. The molecule has 0 aliphatic carbocycles. The molecule has 0 atom stereocenters. The van der Waals surface area contributed by atoms with Crippen molar-refractivity contribution in [1.29, 1.82) is 0 Å². The maximum Gasteiger partial charge on any atom is 0.283 e. The van der Waals surface area contributed by atoms with Crippen LogP contribution in [0, 0.1) is 5.82 Å². The van der Waals surface area contributed by atoms with Crippen molar-refractivity contribution in [2.24, 2.45) is 0 Å². The number of anilines is 2. The van der Waals surface area contributed by atoms with Gasteiger partial charge >= 0.3 is 0 Å². The molecule has 2 aromatic carbocycles. The Balaban J connectivity index is 1.97. The van der Waals surface area contributed by atoms with Crippen molar-refractivity contribution in [1.82, 2.24) is 0 Å². The van der Waals surface area contributed by atoms with Gasteiger partial charge in [0.05, 0.1) is 23.5 Å². The molecule has 2 aromatic rings. The summed E-state index contributed by atoms with van der Waals surface area (Å²) in [5, 5.41) is 2.62. The molecule has 1 aliphatic heterocycles. The molecular formula is C17H10Cl3FN2O3. The lowest BCUT2D eigenvalue weighted by atomic mass is 10.2. The Morgan fingerprint density at radius 3 is 2.42 bits per heavy atom. The summed E-state index contributed by atoms with van der Waals surface area (Å²) in [6.07, 6.45) is 0. The van der Waals surface area contributed by atoms with Crippen LogP contribution in [0.4, 0.5) is 15.8 Å². The van der Waals surface area contributed by atoms with Crippen molar-refractivity contribution < 1.29 is 18.7 Å². The Hall–Kier alpha value is -2.28. The topological polar surface area (TPSA) is 58.6 Å². The monoisotopic (exact) mass is 414 g/mol. The number of carbonyl (C=O) groups is 2. The average molecular weight is 416 g/mol. The summed E-state index contributed by atoms with van der Waals surface area (Å²) in [4.78, 5) is 25.9. The van der Waals surface area contributed by atoms with Gasteiger partial charge in [-0.3, -0.25) is 9.59 Å². The first kappa shape index (κ1) is 18.5. The summed E-state index contributed by atoms with van der Waals surface area (Å²) in [6.45, 7) is 0. The van der Waals surface area contributed by atoms with Crippen molar-refractivity contribution >= 4 is 58.0 Å². The van der Waals surface area contributed by atoms with Crippen LogP contribution in [0.1, 0.15) is 0 Å². The average Bonchev–Trinajstić information content (AvgIpc) is 2.81. The van der Waals surface area contributed by atoms with Crippen LogP contribution in [0.5, 0.6) is 5.75 Å². The highest BCUT2D eigenvalue weighted by molar-refractivity contribution is 6.53. The first-order valence-electron chi connectivity index (χ1n) is 7.17. The molecule has 5 nitrogen and oxygen atoms in total. The second kappa shape index (κ2) is 7.15. The van der Waals surface area contributed by atoms with Crippen molar-refractivity contribution in [3.8, 4) is 5.75 Å². The number of methoxy groups -OCH3 is 1.